The van der Waals surface area contributed by atoms with Crippen LogP contribution in [0.4, 0.5) is 5.82 Å². The lowest BCUT2D eigenvalue weighted by Crippen LogP contribution is -2.47. The summed E-state index contributed by atoms with van der Waals surface area (Å²) in [5, 5.41) is 6.86. The Kier molecular flexibility index (Phi) is 2.48. The molecule has 0 spiro atoms. The number of aryl methyl sites for hydroxylation is 1. The van der Waals surface area contributed by atoms with E-state index < -0.39 is 0 Å². The van der Waals surface area contributed by atoms with E-state index in [4.69, 9.17) is 5.73 Å². The van der Waals surface area contributed by atoms with Crippen molar-refractivity contribution in [3.05, 3.63) is 12.3 Å². The Morgan fingerprint density at radius 2 is 2.47 bits per heavy atom. The van der Waals surface area contributed by atoms with E-state index in [1.54, 1.807) is 24.0 Å². The van der Waals surface area contributed by atoms with Gasteiger partial charge in [0.05, 0.1) is 11.6 Å². The molecule has 0 saturated heterocycles. The van der Waals surface area contributed by atoms with E-state index in [2.05, 4.69) is 10.4 Å². The van der Waals surface area contributed by atoms with E-state index in [-0.39, 0.29) is 11.3 Å². The van der Waals surface area contributed by atoms with Crippen LogP contribution in [0.2, 0.25) is 0 Å². The Hall–Kier alpha value is -1.36. The molecule has 0 bridgehead atoms. The summed E-state index contributed by atoms with van der Waals surface area (Å²) in [5.41, 5.74) is 5.32. The van der Waals surface area contributed by atoms with Gasteiger partial charge < -0.3 is 11.1 Å². The minimum absolute atomic E-state index is 0.0276. The zero-order valence-electron chi connectivity index (χ0n) is 8.86. The smallest absolute Gasteiger partial charge is 0.233 e. The van der Waals surface area contributed by atoms with Crippen LogP contribution in [-0.2, 0) is 11.8 Å². The van der Waals surface area contributed by atoms with E-state index in [1.165, 1.54) is 0 Å². The highest BCUT2D eigenvalue weighted by atomic mass is 16.2. The molecule has 1 fully saturated rings. The highest BCUT2D eigenvalue weighted by molar-refractivity contribution is 5.95. The van der Waals surface area contributed by atoms with Gasteiger partial charge in [0.2, 0.25) is 5.91 Å². The molecular formula is C10H16N4O. The molecule has 15 heavy (non-hydrogen) atoms. The van der Waals surface area contributed by atoms with E-state index >= 15 is 0 Å². The Labute approximate surface area is 88.6 Å². The van der Waals surface area contributed by atoms with Gasteiger partial charge in [0.1, 0.15) is 5.82 Å². The number of anilines is 1. The van der Waals surface area contributed by atoms with Crippen molar-refractivity contribution in [2.45, 2.75) is 19.3 Å². The van der Waals surface area contributed by atoms with Gasteiger partial charge in [-0.25, -0.2) is 0 Å². The quantitative estimate of drug-likeness (QED) is 0.759. The molecule has 0 atom stereocenters. The van der Waals surface area contributed by atoms with Crippen LogP contribution in [-0.4, -0.2) is 22.2 Å². The average molecular weight is 208 g/mol. The van der Waals surface area contributed by atoms with Crippen molar-refractivity contribution in [3.8, 4) is 0 Å². The molecule has 1 saturated carbocycles. The largest absolute Gasteiger partial charge is 0.329 e. The van der Waals surface area contributed by atoms with Crippen molar-refractivity contribution in [1.29, 1.82) is 0 Å². The van der Waals surface area contributed by atoms with E-state index in [0.717, 1.165) is 25.1 Å². The Morgan fingerprint density at radius 3 is 2.87 bits per heavy atom. The lowest BCUT2D eigenvalue weighted by atomic mass is 9.68. The fraction of sp³-hybridized carbons (Fsp3) is 0.600. The highest BCUT2D eigenvalue weighted by Gasteiger charge is 2.42. The molecule has 1 aliphatic rings. The Balaban J connectivity index is 2.07. The Morgan fingerprint density at radius 1 is 1.73 bits per heavy atom. The van der Waals surface area contributed by atoms with Crippen LogP contribution in [0.25, 0.3) is 0 Å². The number of aromatic nitrogens is 2. The molecule has 3 N–H and O–H groups in total. The van der Waals surface area contributed by atoms with Gasteiger partial charge in [-0.15, -0.1) is 0 Å². The number of nitrogens with one attached hydrogen (secondary N) is 1. The fourth-order valence-electron chi connectivity index (χ4n) is 1.87. The summed E-state index contributed by atoms with van der Waals surface area (Å²) in [6.07, 6.45) is 4.54. The van der Waals surface area contributed by atoms with Crippen molar-refractivity contribution >= 4 is 11.7 Å². The molecule has 0 aromatic carbocycles. The minimum Gasteiger partial charge on any atom is -0.329 e. The maximum atomic E-state index is 12.0. The van der Waals surface area contributed by atoms with Crippen LogP contribution in [0, 0.1) is 5.41 Å². The van der Waals surface area contributed by atoms with Crippen LogP contribution in [0.3, 0.4) is 0 Å². The molecule has 1 heterocycles. The summed E-state index contributed by atoms with van der Waals surface area (Å²) in [6, 6.07) is 1.78. The first-order valence-corrected chi connectivity index (χ1v) is 5.17. The first-order chi connectivity index (χ1) is 7.18. The number of carbonyl (C=O) groups is 1. The lowest BCUT2D eigenvalue weighted by Gasteiger charge is -2.38. The van der Waals surface area contributed by atoms with Crippen molar-refractivity contribution in [2.24, 2.45) is 18.2 Å². The average Bonchev–Trinajstić information content (AvgIpc) is 2.51. The number of nitrogens with two attached hydrogens (primary N) is 1. The predicted molar refractivity (Wildman–Crippen MR) is 57.2 cm³/mol. The summed E-state index contributed by atoms with van der Waals surface area (Å²) < 4.78 is 1.64. The molecule has 1 amide bonds. The fourth-order valence-corrected chi connectivity index (χ4v) is 1.87. The molecule has 1 aliphatic carbocycles. The summed E-state index contributed by atoms with van der Waals surface area (Å²) in [4.78, 5) is 12.0. The zero-order chi connectivity index (χ0) is 10.9. The van der Waals surface area contributed by atoms with Gasteiger partial charge in [0.15, 0.2) is 0 Å². The summed E-state index contributed by atoms with van der Waals surface area (Å²) in [5.74, 6) is 0.750. The molecule has 5 heteroatoms. The Bertz CT molecular complexity index is 362. The number of rotatable bonds is 3. The minimum atomic E-state index is -0.329. The van der Waals surface area contributed by atoms with Crippen LogP contribution >= 0.6 is 0 Å². The third kappa shape index (κ3) is 1.63. The first-order valence-electron chi connectivity index (χ1n) is 5.17. The van der Waals surface area contributed by atoms with Gasteiger partial charge in [-0.05, 0) is 12.8 Å². The maximum Gasteiger partial charge on any atom is 0.233 e. The topological polar surface area (TPSA) is 72.9 Å². The van der Waals surface area contributed by atoms with Crippen LogP contribution in [0.5, 0.6) is 0 Å². The number of hydrogen-bond acceptors (Lipinski definition) is 3. The maximum absolute atomic E-state index is 12.0. The van der Waals surface area contributed by atoms with Crippen molar-refractivity contribution in [1.82, 2.24) is 9.78 Å². The summed E-state index contributed by atoms with van der Waals surface area (Å²) in [7, 11) is 1.80. The number of nitrogens with zero attached hydrogens (tertiary/aromatic N) is 2. The van der Waals surface area contributed by atoms with Gasteiger partial charge in [-0.2, -0.15) is 5.10 Å². The van der Waals surface area contributed by atoms with Gasteiger partial charge >= 0.3 is 0 Å². The van der Waals surface area contributed by atoms with Crippen LogP contribution in [0.1, 0.15) is 19.3 Å². The third-order valence-corrected chi connectivity index (χ3v) is 3.25. The number of amides is 1. The molecule has 1 aromatic heterocycles. The van der Waals surface area contributed by atoms with E-state index in [0.29, 0.717) is 6.54 Å². The predicted octanol–water partition coefficient (Wildman–Crippen LogP) is 0.488. The molecule has 1 aromatic rings. The first kappa shape index (κ1) is 10.2. The van der Waals surface area contributed by atoms with E-state index in [9.17, 15) is 4.79 Å². The number of carbonyl (C=O) groups excluding carboxylic acids is 1. The van der Waals surface area contributed by atoms with Crippen molar-refractivity contribution in [3.63, 3.8) is 0 Å². The van der Waals surface area contributed by atoms with Crippen LogP contribution in [0.15, 0.2) is 12.3 Å². The van der Waals surface area contributed by atoms with Crippen molar-refractivity contribution in [2.75, 3.05) is 11.9 Å². The second-order valence-corrected chi connectivity index (χ2v) is 4.13. The van der Waals surface area contributed by atoms with Crippen molar-refractivity contribution < 1.29 is 4.79 Å². The van der Waals surface area contributed by atoms with Crippen LogP contribution < -0.4 is 11.1 Å². The molecular weight excluding hydrogens is 192 g/mol. The third-order valence-electron chi connectivity index (χ3n) is 3.25. The molecule has 0 unspecified atom stereocenters. The monoisotopic (exact) mass is 208 g/mol. The second-order valence-electron chi connectivity index (χ2n) is 4.13. The van der Waals surface area contributed by atoms with Gasteiger partial charge in [-0.1, -0.05) is 6.42 Å². The zero-order valence-corrected chi connectivity index (χ0v) is 8.86. The molecule has 5 nitrogen and oxygen atoms in total. The molecule has 0 radical (unpaired) electrons. The van der Waals surface area contributed by atoms with E-state index in [1.807, 2.05) is 0 Å². The molecule has 2 rings (SSSR count). The van der Waals surface area contributed by atoms with Gasteiger partial charge in [0, 0.05) is 19.7 Å². The SMILES string of the molecule is Cn1nccc1NC(=O)C1(CN)CCC1. The summed E-state index contributed by atoms with van der Waals surface area (Å²) in [6.45, 7) is 0.427. The highest BCUT2D eigenvalue weighted by Crippen LogP contribution is 2.40. The molecule has 82 valence electrons. The standard InChI is InChI=1S/C10H16N4O/c1-14-8(3-6-12-14)13-9(15)10(7-11)4-2-5-10/h3,6H,2,4-5,7,11H2,1H3,(H,13,15). The number of hydrogen-bond donors (Lipinski definition) is 2. The molecule has 0 aliphatic heterocycles. The summed E-state index contributed by atoms with van der Waals surface area (Å²) >= 11 is 0. The second kappa shape index (κ2) is 3.66. The lowest BCUT2D eigenvalue weighted by molar-refractivity contribution is -0.129. The van der Waals surface area contributed by atoms with Gasteiger partial charge in [-0.3, -0.25) is 9.48 Å². The van der Waals surface area contributed by atoms with Gasteiger partial charge in [0.25, 0.3) is 0 Å². The normalized spacial score (nSPS) is 18.3.